The van der Waals surface area contributed by atoms with Crippen LogP contribution < -0.4 is 10.1 Å². The number of nitrogens with one attached hydrogen (secondary N) is 1. The van der Waals surface area contributed by atoms with Crippen molar-refractivity contribution in [3.05, 3.63) is 45.7 Å². The summed E-state index contributed by atoms with van der Waals surface area (Å²) in [5, 5.41) is 6.24. The van der Waals surface area contributed by atoms with E-state index in [9.17, 15) is 4.39 Å². The average molecular weight is 280 g/mol. The molecule has 0 atom stereocenters. The summed E-state index contributed by atoms with van der Waals surface area (Å²) < 4.78 is 18.7. The minimum Gasteiger partial charge on any atom is -0.487 e. The summed E-state index contributed by atoms with van der Waals surface area (Å²) in [5.41, 5.74) is 1.80. The number of hydrogen-bond donors (Lipinski definition) is 1. The predicted molar refractivity (Wildman–Crippen MR) is 75.0 cm³/mol. The highest BCUT2D eigenvalue weighted by Crippen LogP contribution is 2.20. The van der Waals surface area contributed by atoms with Crippen molar-refractivity contribution in [1.82, 2.24) is 10.3 Å². The molecule has 2 rings (SSSR count). The van der Waals surface area contributed by atoms with Crippen LogP contribution in [0.15, 0.2) is 23.6 Å². The number of aryl methyl sites for hydroxylation is 1. The molecule has 0 spiro atoms. The molecule has 2 aromatic rings. The lowest BCUT2D eigenvalue weighted by atomic mass is 10.2. The van der Waals surface area contributed by atoms with Gasteiger partial charge in [0.25, 0.3) is 0 Å². The molecule has 19 heavy (non-hydrogen) atoms. The lowest BCUT2D eigenvalue weighted by Crippen LogP contribution is -2.11. The SMILES string of the molecule is CCNCc1nc(COc2cc(F)ccc2C)cs1. The molecule has 102 valence electrons. The molecule has 1 aromatic heterocycles. The first-order chi connectivity index (χ1) is 9.19. The van der Waals surface area contributed by atoms with Gasteiger partial charge in [-0.2, -0.15) is 0 Å². The van der Waals surface area contributed by atoms with Crippen molar-refractivity contribution in [2.45, 2.75) is 27.0 Å². The van der Waals surface area contributed by atoms with E-state index >= 15 is 0 Å². The molecule has 0 saturated carbocycles. The number of ether oxygens (including phenoxy) is 1. The quantitative estimate of drug-likeness (QED) is 0.881. The van der Waals surface area contributed by atoms with E-state index in [0.29, 0.717) is 12.4 Å². The van der Waals surface area contributed by atoms with Crippen LogP contribution in [0.1, 0.15) is 23.2 Å². The van der Waals surface area contributed by atoms with Crippen molar-refractivity contribution in [2.75, 3.05) is 6.54 Å². The largest absolute Gasteiger partial charge is 0.487 e. The standard InChI is InChI=1S/C14H17FN2OS/c1-3-16-7-14-17-12(9-19-14)8-18-13-6-11(15)5-4-10(13)2/h4-6,9,16H,3,7-8H2,1-2H3. The molecule has 0 aliphatic carbocycles. The first-order valence-corrected chi connectivity index (χ1v) is 7.10. The van der Waals surface area contributed by atoms with Gasteiger partial charge in [-0.05, 0) is 25.1 Å². The molecular formula is C14H17FN2OS. The van der Waals surface area contributed by atoms with Crippen LogP contribution >= 0.6 is 11.3 Å². The lowest BCUT2D eigenvalue weighted by Gasteiger charge is -2.07. The maximum absolute atomic E-state index is 13.1. The van der Waals surface area contributed by atoms with E-state index in [-0.39, 0.29) is 5.82 Å². The van der Waals surface area contributed by atoms with Crippen molar-refractivity contribution >= 4 is 11.3 Å². The van der Waals surface area contributed by atoms with Gasteiger partial charge in [0.2, 0.25) is 0 Å². The summed E-state index contributed by atoms with van der Waals surface area (Å²) in [5.74, 6) is 0.285. The van der Waals surface area contributed by atoms with Crippen LogP contribution in [0.5, 0.6) is 5.75 Å². The third-order valence-electron chi connectivity index (χ3n) is 2.65. The van der Waals surface area contributed by atoms with Gasteiger partial charge in [-0.25, -0.2) is 9.37 Å². The summed E-state index contributed by atoms with van der Waals surface area (Å²) in [6, 6.07) is 4.54. The van der Waals surface area contributed by atoms with Crippen molar-refractivity contribution in [2.24, 2.45) is 0 Å². The van der Waals surface area contributed by atoms with Crippen LogP contribution in [0, 0.1) is 12.7 Å². The Bertz CT molecular complexity index is 542. The summed E-state index contributed by atoms with van der Waals surface area (Å²) in [6.07, 6.45) is 0. The number of thiazole rings is 1. The van der Waals surface area contributed by atoms with Crippen LogP contribution in [-0.4, -0.2) is 11.5 Å². The number of rotatable bonds is 6. The summed E-state index contributed by atoms with van der Waals surface area (Å²) in [7, 11) is 0. The Morgan fingerprint density at radius 2 is 2.26 bits per heavy atom. The zero-order valence-electron chi connectivity index (χ0n) is 11.1. The van der Waals surface area contributed by atoms with Gasteiger partial charge >= 0.3 is 0 Å². The van der Waals surface area contributed by atoms with E-state index in [1.54, 1.807) is 17.4 Å². The second-order valence-corrected chi connectivity index (χ2v) is 5.15. The van der Waals surface area contributed by atoms with Gasteiger partial charge in [-0.15, -0.1) is 11.3 Å². The van der Waals surface area contributed by atoms with E-state index in [1.165, 1.54) is 12.1 Å². The monoisotopic (exact) mass is 280 g/mol. The van der Waals surface area contributed by atoms with E-state index in [2.05, 4.69) is 17.2 Å². The molecule has 3 nitrogen and oxygen atoms in total. The first kappa shape index (κ1) is 14.0. The van der Waals surface area contributed by atoms with E-state index < -0.39 is 0 Å². The van der Waals surface area contributed by atoms with Crippen LogP contribution in [-0.2, 0) is 13.2 Å². The number of nitrogens with zero attached hydrogens (tertiary/aromatic N) is 1. The van der Waals surface area contributed by atoms with Crippen LogP contribution in [0.2, 0.25) is 0 Å². The molecule has 0 radical (unpaired) electrons. The summed E-state index contributed by atoms with van der Waals surface area (Å²) >= 11 is 1.60. The smallest absolute Gasteiger partial charge is 0.131 e. The molecule has 0 aliphatic heterocycles. The Morgan fingerprint density at radius 3 is 3.05 bits per heavy atom. The Kier molecular flexibility index (Phi) is 4.87. The topological polar surface area (TPSA) is 34.2 Å². The second kappa shape index (κ2) is 6.63. The first-order valence-electron chi connectivity index (χ1n) is 6.22. The van der Waals surface area contributed by atoms with Gasteiger partial charge in [0.1, 0.15) is 23.2 Å². The molecule has 0 fully saturated rings. The summed E-state index contributed by atoms with van der Waals surface area (Å²) in [4.78, 5) is 4.45. The zero-order valence-corrected chi connectivity index (χ0v) is 11.9. The fraction of sp³-hybridized carbons (Fsp3) is 0.357. The Labute approximate surface area is 116 Å². The van der Waals surface area contributed by atoms with Gasteiger partial charge in [-0.3, -0.25) is 0 Å². The third-order valence-corrected chi connectivity index (χ3v) is 3.55. The molecule has 0 unspecified atom stereocenters. The molecule has 5 heteroatoms. The van der Waals surface area contributed by atoms with Gasteiger partial charge in [-0.1, -0.05) is 13.0 Å². The molecule has 1 heterocycles. The molecule has 0 amide bonds. The van der Waals surface area contributed by atoms with Crippen molar-refractivity contribution in [3.63, 3.8) is 0 Å². The highest BCUT2D eigenvalue weighted by molar-refractivity contribution is 7.09. The average Bonchev–Trinajstić information content (AvgIpc) is 2.85. The van der Waals surface area contributed by atoms with Gasteiger partial charge < -0.3 is 10.1 Å². The highest BCUT2D eigenvalue weighted by Gasteiger charge is 2.05. The maximum Gasteiger partial charge on any atom is 0.131 e. The van der Waals surface area contributed by atoms with Crippen LogP contribution in [0.25, 0.3) is 0 Å². The fourth-order valence-electron chi connectivity index (χ4n) is 1.61. The summed E-state index contributed by atoms with van der Waals surface area (Å²) in [6.45, 7) is 6.03. The van der Waals surface area contributed by atoms with E-state index in [0.717, 1.165) is 29.4 Å². The molecule has 1 aromatic carbocycles. The van der Waals surface area contributed by atoms with E-state index in [1.807, 2.05) is 12.3 Å². The Morgan fingerprint density at radius 1 is 1.42 bits per heavy atom. The Balaban J connectivity index is 1.94. The van der Waals surface area contributed by atoms with Crippen molar-refractivity contribution in [3.8, 4) is 5.75 Å². The Hall–Kier alpha value is -1.46. The van der Waals surface area contributed by atoms with Gasteiger partial charge in [0, 0.05) is 18.0 Å². The van der Waals surface area contributed by atoms with E-state index in [4.69, 9.17) is 4.74 Å². The number of aromatic nitrogens is 1. The fourth-order valence-corrected chi connectivity index (χ4v) is 2.36. The molecular weight excluding hydrogens is 263 g/mol. The molecule has 0 aliphatic rings. The van der Waals surface area contributed by atoms with Crippen LogP contribution in [0.3, 0.4) is 0 Å². The van der Waals surface area contributed by atoms with Crippen molar-refractivity contribution in [1.29, 1.82) is 0 Å². The van der Waals surface area contributed by atoms with Crippen molar-refractivity contribution < 1.29 is 9.13 Å². The predicted octanol–water partition coefficient (Wildman–Crippen LogP) is 3.28. The number of benzene rings is 1. The lowest BCUT2D eigenvalue weighted by molar-refractivity contribution is 0.298. The molecule has 0 saturated heterocycles. The zero-order chi connectivity index (χ0) is 13.7. The second-order valence-electron chi connectivity index (χ2n) is 4.21. The maximum atomic E-state index is 13.1. The minimum absolute atomic E-state index is 0.285. The highest BCUT2D eigenvalue weighted by atomic mass is 32.1. The normalized spacial score (nSPS) is 10.7. The molecule has 0 bridgehead atoms. The number of halogens is 1. The number of hydrogen-bond acceptors (Lipinski definition) is 4. The third kappa shape index (κ3) is 4.01. The van der Waals surface area contributed by atoms with Crippen LogP contribution in [0.4, 0.5) is 4.39 Å². The van der Waals surface area contributed by atoms with Gasteiger partial charge in [0.05, 0.1) is 5.69 Å². The minimum atomic E-state index is -0.285. The van der Waals surface area contributed by atoms with Gasteiger partial charge in [0.15, 0.2) is 0 Å². The molecule has 1 N–H and O–H groups in total.